The van der Waals surface area contributed by atoms with Crippen LogP contribution in [0.15, 0.2) is 60.7 Å². The van der Waals surface area contributed by atoms with Crippen LogP contribution in [0.1, 0.15) is 41.0 Å². The second-order valence-electron chi connectivity index (χ2n) is 7.87. The number of aromatic hydroxyl groups is 1. The molecule has 6 heteroatoms. The molecule has 0 saturated heterocycles. The van der Waals surface area contributed by atoms with E-state index in [0.29, 0.717) is 28.6 Å². The molecule has 0 aliphatic carbocycles. The van der Waals surface area contributed by atoms with Crippen LogP contribution < -0.4 is 5.32 Å². The van der Waals surface area contributed by atoms with Crippen molar-refractivity contribution in [2.75, 3.05) is 5.32 Å². The number of imide groups is 1. The minimum Gasteiger partial charge on any atom is -0.508 e. The highest BCUT2D eigenvalue weighted by atomic mass is 16.3. The number of phenols is 1. The van der Waals surface area contributed by atoms with Crippen molar-refractivity contribution >= 4 is 34.2 Å². The van der Waals surface area contributed by atoms with Crippen LogP contribution in [-0.4, -0.2) is 33.8 Å². The van der Waals surface area contributed by atoms with Gasteiger partial charge in [0.15, 0.2) is 0 Å². The van der Waals surface area contributed by atoms with Crippen LogP contribution in [0.4, 0.5) is 5.69 Å². The first-order valence-electron chi connectivity index (χ1n) is 9.86. The number of nitrogens with one attached hydrogen (secondary N) is 1. The zero-order valence-electron chi connectivity index (χ0n) is 16.8. The van der Waals surface area contributed by atoms with Gasteiger partial charge in [-0.15, -0.1) is 0 Å². The first-order valence-corrected chi connectivity index (χ1v) is 9.86. The number of carbonyl (C=O) groups excluding carboxylic acids is 3. The van der Waals surface area contributed by atoms with E-state index in [-0.39, 0.29) is 11.7 Å². The molecule has 0 radical (unpaired) electrons. The highest BCUT2D eigenvalue weighted by Gasteiger charge is 2.40. The van der Waals surface area contributed by atoms with E-state index in [1.165, 1.54) is 12.1 Å². The molecule has 0 bridgehead atoms. The molecule has 1 aliphatic heterocycles. The molecular formula is C24H22N2O4. The largest absolute Gasteiger partial charge is 0.508 e. The lowest BCUT2D eigenvalue weighted by Gasteiger charge is -2.33. The molecule has 1 atom stereocenters. The van der Waals surface area contributed by atoms with Gasteiger partial charge in [-0.05, 0) is 42.0 Å². The van der Waals surface area contributed by atoms with Crippen LogP contribution >= 0.6 is 0 Å². The van der Waals surface area contributed by atoms with Crippen molar-refractivity contribution in [2.24, 2.45) is 5.92 Å². The summed E-state index contributed by atoms with van der Waals surface area (Å²) in [4.78, 5) is 40.9. The monoisotopic (exact) mass is 402 g/mol. The first kappa shape index (κ1) is 19.6. The molecule has 3 aromatic rings. The minimum atomic E-state index is -0.976. The third-order valence-corrected chi connectivity index (χ3v) is 5.23. The zero-order valence-corrected chi connectivity index (χ0v) is 16.8. The van der Waals surface area contributed by atoms with Gasteiger partial charge in [0.1, 0.15) is 11.8 Å². The predicted octanol–water partition coefficient (Wildman–Crippen LogP) is 4.19. The summed E-state index contributed by atoms with van der Waals surface area (Å²) in [6.45, 7) is 3.87. The summed E-state index contributed by atoms with van der Waals surface area (Å²) >= 11 is 0. The Hall–Kier alpha value is -3.67. The molecule has 0 fully saturated rings. The maximum absolute atomic E-state index is 13.3. The van der Waals surface area contributed by atoms with Gasteiger partial charge in [-0.25, -0.2) is 0 Å². The number of hydrogen-bond acceptors (Lipinski definition) is 4. The lowest BCUT2D eigenvalue weighted by atomic mass is 9.91. The highest BCUT2D eigenvalue weighted by Crippen LogP contribution is 2.32. The number of benzene rings is 3. The van der Waals surface area contributed by atoms with Crippen molar-refractivity contribution in [3.63, 3.8) is 0 Å². The predicted molar refractivity (Wildman–Crippen MR) is 114 cm³/mol. The molecule has 3 amide bonds. The Morgan fingerprint density at radius 1 is 0.967 bits per heavy atom. The number of phenolic OH excluding ortho intramolecular Hbond substituents is 1. The van der Waals surface area contributed by atoms with Gasteiger partial charge in [0.25, 0.3) is 11.8 Å². The van der Waals surface area contributed by atoms with Gasteiger partial charge in [-0.1, -0.05) is 44.2 Å². The van der Waals surface area contributed by atoms with Gasteiger partial charge in [0, 0.05) is 28.3 Å². The number of nitrogens with zero attached hydrogens (tertiary/aromatic N) is 1. The fourth-order valence-electron chi connectivity index (χ4n) is 3.92. The quantitative estimate of drug-likeness (QED) is 0.627. The van der Waals surface area contributed by atoms with Crippen LogP contribution in [0, 0.1) is 5.92 Å². The number of amides is 3. The van der Waals surface area contributed by atoms with Crippen molar-refractivity contribution in [3.05, 3.63) is 71.8 Å². The van der Waals surface area contributed by atoms with Gasteiger partial charge in [0.05, 0.1) is 0 Å². The summed E-state index contributed by atoms with van der Waals surface area (Å²) in [6, 6.07) is 15.8. The summed E-state index contributed by atoms with van der Waals surface area (Å²) in [5.41, 5.74) is 1.23. The summed E-state index contributed by atoms with van der Waals surface area (Å²) in [5.74, 6) is -1.33. The fraction of sp³-hybridized carbons (Fsp3) is 0.208. The lowest BCUT2D eigenvalue weighted by molar-refractivity contribution is -0.120. The van der Waals surface area contributed by atoms with Gasteiger partial charge in [0.2, 0.25) is 5.91 Å². The zero-order chi connectivity index (χ0) is 21.4. The Bertz CT molecular complexity index is 1120. The van der Waals surface area contributed by atoms with E-state index >= 15 is 0 Å². The van der Waals surface area contributed by atoms with E-state index in [2.05, 4.69) is 5.32 Å². The van der Waals surface area contributed by atoms with Crippen molar-refractivity contribution < 1.29 is 19.5 Å². The molecule has 0 spiro atoms. The maximum Gasteiger partial charge on any atom is 0.262 e. The topological polar surface area (TPSA) is 86.7 Å². The molecule has 0 unspecified atom stereocenters. The lowest BCUT2D eigenvalue weighted by Crippen LogP contribution is -2.52. The highest BCUT2D eigenvalue weighted by molar-refractivity contribution is 6.26. The van der Waals surface area contributed by atoms with Gasteiger partial charge in [-0.3, -0.25) is 19.3 Å². The minimum absolute atomic E-state index is 0.0129. The summed E-state index contributed by atoms with van der Waals surface area (Å²) < 4.78 is 0. The number of rotatable bonds is 5. The molecule has 6 nitrogen and oxygen atoms in total. The molecule has 30 heavy (non-hydrogen) atoms. The van der Waals surface area contributed by atoms with Crippen LogP contribution in [0.25, 0.3) is 10.8 Å². The standard InChI is InChI=1S/C24H22N2O4/c1-14(2)12-20(22(28)25-16-8-5-9-17(27)13-16)26-23(29)18-10-3-6-15-7-4-11-19(21(15)18)24(26)30/h3-11,13-14,20,27H,12H2,1-2H3,(H,25,28)/t20-/m0/s1. The van der Waals surface area contributed by atoms with Crippen LogP contribution in [0.2, 0.25) is 0 Å². The van der Waals surface area contributed by atoms with E-state index in [1.54, 1.807) is 36.4 Å². The van der Waals surface area contributed by atoms with Gasteiger partial charge < -0.3 is 10.4 Å². The molecule has 4 rings (SSSR count). The Morgan fingerprint density at radius 2 is 1.57 bits per heavy atom. The van der Waals surface area contributed by atoms with E-state index in [4.69, 9.17) is 0 Å². The average Bonchev–Trinajstić information content (AvgIpc) is 2.71. The third-order valence-electron chi connectivity index (χ3n) is 5.23. The van der Waals surface area contributed by atoms with Crippen molar-refractivity contribution in [3.8, 4) is 5.75 Å². The molecule has 2 N–H and O–H groups in total. The van der Waals surface area contributed by atoms with Crippen LogP contribution in [0.3, 0.4) is 0 Å². The van der Waals surface area contributed by atoms with Crippen molar-refractivity contribution in [2.45, 2.75) is 26.3 Å². The van der Waals surface area contributed by atoms with E-state index in [0.717, 1.165) is 10.3 Å². The normalized spacial score (nSPS) is 14.3. The third kappa shape index (κ3) is 3.41. The Balaban J connectivity index is 1.75. The number of carbonyl (C=O) groups is 3. The first-order chi connectivity index (χ1) is 14.4. The van der Waals surface area contributed by atoms with Crippen LogP contribution in [-0.2, 0) is 4.79 Å². The molecule has 3 aromatic carbocycles. The maximum atomic E-state index is 13.3. The molecule has 152 valence electrons. The summed E-state index contributed by atoms with van der Waals surface area (Å²) in [5, 5.41) is 13.8. The van der Waals surface area contributed by atoms with Crippen molar-refractivity contribution in [1.29, 1.82) is 0 Å². The van der Waals surface area contributed by atoms with Gasteiger partial charge in [-0.2, -0.15) is 0 Å². The molecule has 0 saturated carbocycles. The second-order valence-corrected chi connectivity index (χ2v) is 7.87. The molecule has 1 heterocycles. The fourth-order valence-corrected chi connectivity index (χ4v) is 3.92. The second kappa shape index (κ2) is 7.63. The van der Waals surface area contributed by atoms with E-state index in [9.17, 15) is 19.5 Å². The number of hydrogen-bond donors (Lipinski definition) is 2. The number of anilines is 1. The van der Waals surface area contributed by atoms with Crippen LogP contribution in [0.5, 0.6) is 5.75 Å². The van der Waals surface area contributed by atoms with Crippen molar-refractivity contribution in [1.82, 2.24) is 4.90 Å². The Labute approximate surface area is 174 Å². The Morgan fingerprint density at radius 3 is 2.13 bits per heavy atom. The summed E-state index contributed by atoms with van der Waals surface area (Å²) in [7, 11) is 0. The summed E-state index contributed by atoms with van der Waals surface area (Å²) in [6.07, 6.45) is 0.320. The molecular weight excluding hydrogens is 380 g/mol. The smallest absolute Gasteiger partial charge is 0.262 e. The average molecular weight is 402 g/mol. The molecule has 1 aliphatic rings. The van der Waals surface area contributed by atoms with Gasteiger partial charge >= 0.3 is 0 Å². The SMILES string of the molecule is CC(C)C[C@@H](C(=O)Nc1cccc(O)c1)N1C(=O)c2cccc3cccc(c23)C1=O. The van der Waals surface area contributed by atoms with E-state index in [1.807, 2.05) is 26.0 Å². The Kier molecular flexibility index (Phi) is 4.99. The van der Waals surface area contributed by atoms with E-state index < -0.39 is 23.8 Å². The molecule has 0 aromatic heterocycles.